The molecule has 0 bridgehead atoms. The Morgan fingerprint density at radius 3 is 2.50 bits per heavy atom. The van der Waals surface area contributed by atoms with Gasteiger partial charge in [-0.1, -0.05) is 48.2 Å². The molecule has 0 aliphatic rings. The number of hydrogen-bond acceptors (Lipinski definition) is 4. The molecule has 34 heavy (non-hydrogen) atoms. The van der Waals surface area contributed by atoms with E-state index in [9.17, 15) is 14.0 Å². The fraction of sp³-hybridized carbons (Fsp3) is 0.115. The molecule has 6 nitrogen and oxygen atoms in total. The van der Waals surface area contributed by atoms with E-state index in [4.69, 9.17) is 0 Å². The summed E-state index contributed by atoms with van der Waals surface area (Å²) in [5.74, 6) is -0.545. The number of hydrogen-bond donors (Lipinski definition) is 2. The second-order valence-corrected chi connectivity index (χ2v) is 8.50. The molecule has 172 valence electrons. The molecule has 0 spiro atoms. The van der Waals surface area contributed by atoms with Gasteiger partial charge in [0.2, 0.25) is 5.91 Å². The van der Waals surface area contributed by atoms with E-state index in [0.29, 0.717) is 16.3 Å². The van der Waals surface area contributed by atoms with Crippen LogP contribution in [0.5, 0.6) is 0 Å². The smallest absolute Gasteiger partial charge is 0.251 e. The van der Waals surface area contributed by atoms with Crippen molar-refractivity contribution in [3.63, 3.8) is 0 Å². The largest absolute Gasteiger partial charge is 0.348 e. The highest BCUT2D eigenvalue weighted by atomic mass is 32.2. The van der Waals surface area contributed by atoms with Crippen LogP contribution >= 0.6 is 11.8 Å². The first-order chi connectivity index (χ1) is 16.5. The zero-order valence-electron chi connectivity index (χ0n) is 18.5. The van der Waals surface area contributed by atoms with Crippen molar-refractivity contribution in [1.82, 2.24) is 14.9 Å². The molecular formula is C26H23FN4O2S. The van der Waals surface area contributed by atoms with Crippen LogP contribution in [0.4, 0.5) is 10.1 Å². The van der Waals surface area contributed by atoms with Gasteiger partial charge in [0.1, 0.15) is 5.82 Å². The summed E-state index contributed by atoms with van der Waals surface area (Å²) in [6.07, 6.45) is 3.46. The molecule has 2 N–H and O–H groups in total. The highest BCUT2D eigenvalue weighted by Crippen LogP contribution is 2.22. The Kier molecular flexibility index (Phi) is 7.39. The van der Waals surface area contributed by atoms with Gasteiger partial charge in [0, 0.05) is 41.4 Å². The van der Waals surface area contributed by atoms with Gasteiger partial charge in [-0.25, -0.2) is 9.37 Å². The van der Waals surface area contributed by atoms with Crippen molar-refractivity contribution < 1.29 is 14.0 Å². The van der Waals surface area contributed by atoms with Gasteiger partial charge in [0.15, 0.2) is 5.16 Å². The van der Waals surface area contributed by atoms with Gasteiger partial charge in [0.05, 0.1) is 5.75 Å². The minimum atomic E-state index is -0.351. The maximum Gasteiger partial charge on any atom is 0.251 e. The van der Waals surface area contributed by atoms with E-state index in [0.717, 1.165) is 16.9 Å². The number of aromatic nitrogens is 2. The number of rotatable bonds is 8. The maximum atomic E-state index is 13.7. The number of imidazole rings is 1. The van der Waals surface area contributed by atoms with Crippen molar-refractivity contribution in [2.45, 2.75) is 18.6 Å². The molecule has 0 saturated heterocycles. The van der Waals surface area contributed by atoms with Crippen molar-refractivity contribution in [1.29, 1.82) is 0 Å². The SMILES string of the molecule is Cc1ccccc1NC(=O)CSc1nccn1-c1ccc(C(=O)NCc2ccccc2F)cc1. The molecule has 0 unspecified atom stereocenters. The third-order valence-corrected chi connectivity index (χ3v) is 6.13. The van der Waals surface area contributed by atoms with E-state index in [2.05, 4.69) is 15.6 Å². The van der Waals surface area contributed by atoms with Crippen molar-refractivity contribution in [3.8, 4) is 5.69 Å². The molecule has 0 aliphatic carbocycles. The Labute approximate surface area is 201 Å². The predicted molar refractivity (Wildman–Crippen MR) is 132 cm³/mol. The van der Waals surface area contributed by atoms with Crippen LogP contribution in [-0.2, 0) is 11.3 Å². The Hall–Kier alpha value is -3.91. The lowest BCUT2D eigenvalue weighted by Gasteiger charge is -2.10. The highest BCUT2D eigenvalue weighted by molar-refractivity contribution is 7.99. The molecule has 0 atom stereocenters. The highest BCUT2D eigenvalue weighted by Gasteiger charge is 2.12. The topological polar surface area (TPSA) is 76.0 Å². The summed E-state index contributed by atoms with van der Waals surface area (Å²) in [5, 5.41) is 6.31. The molecule has 0 fully saturated rings. The summed E-state index contributed by atoms with van der Waals surface area (Å²) in [6, 6.07) is 21.0. The van der Waals surface area contributed by atoms with E-state index in [1.54, 1.807) is 54.9 Å². The van der Waals surface area contributed by atoms with Gasteiger partial charge in [-0.05, 0) is 48.9 Å². The van der Waals surface area contributed by atoms with Crippen LogP contribution in [0.1, 0.15) is 21.5 Å². The number of carbonyl (C=O) groups excluding carboxylic acids is 2. The second-order valence-electron chi connectivity index (χ2n) is 7.55. The quantitative estimate of drug-likeness (QED) is 0.353. The Morgan fingerprint density at radius 1 is 1.00 bits per heavy atom. The van der Waals surface area contributed by atoms with Crippen molar-refractivity contribution in [3.05, 3.63) is 108 Å². The number of para-hydroxylation sites is 1. The van der Waals surface area contributed by atoms with Gasteiger partial charge in [0.25, 0.3) is 5.91 Å². The first kappa shape index (κ1) is 23.3. The molecule has 1 heterocycles. The van der Waals surface area contributed by atoms with Crippen LogP contribution in [-0.4, -0.2) is 27.1 Å². The molecule has 8 heteroatoms. The normalized spacial score (nSPS) is 10.6. The zero-order valence-corrected chi connectivity index (χ0v) is 19.3. The summed E-state index contributed by atoms with van der Waals surface area (Å²) in [5.41, 5.74) is 3.50. The summed E-state index contributed by atoms with van der Waals surface area (Å²) in [6.45, 7) is 2.06. The number of amides is 2. The maximum absolute atomic E-state index is 13.7. The number of aryl methyl sites for hydroxylation is 1. The van der Waals surface area contributed by atoms with E-state index in [1.165, 1.54) is 17.8 Å². The summed E-state index contributed by atoms with van der Waals surface area (Å²) in [4.78, 5) is 29.2. The fourth-order valence-corrected chi connectivity index (χ4v) is 4.09. The molecule has 0 aliphatic heterocycles. The molecular weight excluding hydrogens is 451 g/mol. The summed E-state index contributed by atoms with van der Waals surface area (Å²) in [7, 11) is 0. The van der Waals surface area contributed by atoms with Crippen LogP contribution in [0, 0.1) is 12.7 Å². The third-order valence-electron chi connectivity index (χ3n) is 5.16. The van der Waals surface area contributed by atoms with Crippen molar-refractivity contribution in [2.24, 2.45) is 0 Å². The standard InChI is InChI=1S/C26H23FN4O2S/c1-18-6-2-5-9-23(18)30-24(32)17-34-26-28-14-15-31(26)21-12-10-19(11-13-21)25(33)29-16-20-7-3-4-8-22(20)27/h2-15H,16-17H2,1H3,(H,29,33)(H,30,32). The molecule has 0 radical (unpaired) electrons. The molecule has 0 saturated carbocycles. The van der Waals surface area contributed by atoms with Crippen LogP contribution in [0.15, 0.2) is 90.3 Å². The van der Waals surface area contributed by atoms with Gasteiger partial charge >= 0.3 is 0 Å². The molecule has 1 aromatic heterocycles. The fourth-order valence-electron chi connectivity index (χ4n) is 3.32. The number of thioether (sulfide) groups is 1. The van der Waals surface area contributed by atoms with E-state index >= 15 is 0 Å². The van der Waals surface area contributed by atoms with Crippen LogP contribution in [0.25, 0.3) is 5.69 Å². The Morgan fingerprint density at radius 2 is 1.74 bits per heavy atom. The molecule has 3 aromatic carbocycles. The second kappa shape index (κ2) is 10.8. The lowest BCUT2D eigenvalue weighted by atomic mass is 10.1. The monoisotopic (exact) mass is 474 g/mol. The van der Waals surface area contributed by atoms with E-state index in [1.807, 2.05) is 35.8 Å². The van der Waals surface area contributed by atoms with Crippen LogP contribution in [0.2, 0.25) is 0 Å². The lowest BCUT2D eigenvalue weighted by Crippen LogP contribution is -2.23. The number of carbonyl (C=O) groups is 2. The summed E-state index contributed by atoms with van der Waals surface area (Å²) < 4.78 is 15.6. The third kappa shape index (κ3) is 5.71. The van der Waals surface area contributed by atoms with Gasteiger partial charge in [-0.3, -0.25) is 14.2 Å². The van der Waals surface area contributed by atoms with E-state index < -0.39 is 0 Å². The van der Waals surface area contributed by atoms with Crippen molar-refractivity contribution in [2.75, 3.05) is 11.1 Å². The molecule has 2 amide bonds. The number of halogens is 1. The first-order valence-corrected chi connectivity index (χ1v) is 11.6. The average molecular weight is 475 g/mol. The Balaban J connectivity index is 1.36. The zero-order chi connectivity index (χ0) is 23.9. The Bertz CT molecular complexity index is 1300. The first-order valence-electron chi connectivity index (χ1n) is 10.6. The lowest BCUT2D eigenvalue weighted by molar-refractivity contribution is -0.113. The van der Waals surface area contributed by atoms with Crippen LogP contribution in [0.3, 0.4) is 0 Å². The number of nitrogens with one attached hydrogen (secondary N) is 2. The number of benzene rings is 3. The van der Waals surface area contributed by atoms with Gasteiger partial charge in [-0.2, -0.15) is 0 Å². The number of nitrogens with zero attached hydrogens (tertiary/aromatic N) is 2. The van der Waals surface area contributed by atoms with Gasteiger partial charge in [-0.15, -0.1) is 0 Å². The average Bonchev–Trinajstić information content (AvgIpc) is 3.32. The minimum absolute atomic E-state index is 0.111. The van der Waals surface area contributed by atoms with Crippen molar-refractivity contribution >= 4 is 29.3 Å². The minimum Gasteiger partial charge on any atom is -0.348 e. The van der Waals surface area contributed by atoms with Crippen LogP contribution < -0.4 is 10.6 Å². The number of anilines is 1. The van der Waals surface area contributed by atoms with E-state index in [-0.39, 0.29) is 29.9 Å². The predicted octanol–water partition coefficient (Wildman–Crippen LogP) is 4.98. The molecule has 4 aromatic rings. The molecule has 4 rings (SSSR count). The van der Waals surface area contributed by atoms with Gasteiger partial charge < -0.3 is 10.6 Å². The summed E-state index contributed by atoms with van der Waals surface area (Å²) >= 11 is 1.32.